The van der Waals surface area contributed by atoms with E-state index in [2.05, 4.69) is 15.5 Å². The standard InChI is InChI=1S/C10H18N4O2/c1-3-4-10(2,16)6-12-9(15)8-7(11)5-13-14-8/h5,16H,3-4,6,11H2,1-2H3,(H,12,15)(H,13,14). The maximum absolute atomic E-state index is 11.6. The van der Waals surface area contributed by atoms with Gasteiger partial charge in [-0.1, -0.05) is 13.3 Å². The summed E-state index contributed by atoms with van der Waals surface area (Å²) in [6, 6.07) is 0. The van der Waals surface area contributed by atoms with Crippen LogP contribution < -0.4 is 11.1 Å². The Bertz CT molecular complexity index is 359. The SMILES string of the molecule is CCCC(C)(O)CNC(=O)c1[nH]ncc1N. The molecule has 0 saturated heterocycles. The number of nitrogens with zero attached hydrogens (tertiary/aromatic N) is 1. The van der Waals surface area contributed by atoms with Crippen LogP contribution in [0.3, 0.4) is 0 Å². The second kappa shape index (κ2) is 4.98. The van der Waals surface area contributed by atoms with Gasteiger partial charge in [0, 0.05) is 6.54 Å². The number of anilines is 1. The Balaban J connectivity index is 2.51. The third-order valence-corrected chi connectivity index (χ3v) is 2.31. The molecule has 0 fully saturated rings. The van der Waals surface area contributed by atoms with Crippen LogP contribution in [0.2, 0.25) is 0 Å². The van der Waals surface area contributed by atoms with Crippen molar-refractivity contribution >= 4 is 11.6 Å². The molecule has 0 aliphatic carbocycles. The molecular formula is C10H18N4O2. The van der Waals surface area contributed by atoms with Gasteiger partial charge in [-0.15, -0.1) is 0 Å². The van der Waals surface area contributed by atoms with Crippen LogP contribution in [0.5, 0.6) is 0 Å². The summed E-state index contributed by atoms with van der Waals surface area (Å²) < 4.78 is 0. The number of aliphatic hydroxyl groups is 1. The normalized spacial score (nSPS) is 14.4. The minimum absolute atomic E-state index is 0.193. The van der Waals surface area contributed by atoms with E-state index in [-0.39, 0.29) is 18.1 Å². The molecule has 1 amide bonds. The Morgan fingerprint density at radius 1 is 1.75 bits per heavy atom. The fourth-order valence-corrected chi connectivity index (χ4v) is 1.46. The summed E-state index contributed by atoms with van der Waals surface area (Å²) in [5.41, 5.74) is 5.16. The molecule has 0 saturated carbocycles. The number of nitrogen functional groups attached to an aromatic ring is 1. The van der Waals surface area contributed by atoms with Crippen LogP contribution in [-0.4, -0.2) is 33.4 Å². The van der Waals surface area contributed by atoms with E-state index in [9.17, 15) is 9.90 Å². The molecule has 16 heavy (non-hydrogen) atoms. The molecule has 0 aliphatic rings. The lowest BCUT2D eigenvalue weighted by molar-refractivity contribution is 0.0468. The van der Waals surface area contributed by atoms with Crippen molar-refractivity contribution in [3.63, 3.8) is 0 Å². The molecule has 6 nitrogen and oxygen atoms in total. The molecule has 1 aromatic heterocycles. The maximum atomic E-state index is 11.6. The van der Waals surface area contributed by atoms with Crippen molar-refractivity contribution in [3.8, 4) is 0 Å². The number of aromatic nitrogens is 2. The molecule has 0 aromatic carbocycles. The van der Waals surface area contributed by atoms with E-state index in [1.54, 1.807) is 6.92 Å². The number of aromatic amines is 1. The highest BCUT2D eigenvalue weighted by Gasteiger charge is 2.21. The van der Waals surface area contributed by atoms with Gasteiger partial charge < -0.3 is 16.2 Å². The predicted octanol–water partition coefficient (Wildman–Crippen LogP) is 0.273. The van der Waals surface area contributed by atoms with Gasteiger partial charge in [-0.05, 0) is 13.3 Å². The Labute approximate surface area is 94.2 Å². The zero-order valence-electron chi connectivity index (χ0n) is 9.58. The summed E-state index contributed by atoms with van der Waals surface area (Å²) in [6.07, 6.45) is 2.86. The van der Waals surface area contributed by atoms with Crippen molar-refractivity contribution in [2.75, 3.05) is 12.3 Å². The van der Waals surface area contributed by atoms with Gasteiger partial charge in [-0.25, -0.2) is 0 Å². The smallest absolute Gasteiger partial charge is 0.271 e. The Morgan fingerprint density at radius 3 is 2.94 bits per heavy atom. The van der Waals surface area contributed by atoms with Crippen LogP contribution in [0.1, 0.15) is 37.2 Å². The summed E-state index contributed by atoms with van der Waals surface area (Å²) >= 11 is 0. The number of carbonyl (C=O) groups is 1. The maximum Gasteiger partial charge on any atom is 0.271 e. The summed E-state index contributed by atoms with van der Waals surface area (Å²) in [4.78, 5) is 11.6. The summed E-state index contributed by atoms with van der Waals surface area (Å²) in [5, 5.41) is 18.6. The molecule has 1 rings (SSSR count). The van der Waals surface area contributed by atoms with Gasteiger partial charge in [0.1, 0.15) is 5.69 Å². The molecule has 0 spiro atoms. The number of hydrogen-bond acceptors (Lipinski definition) is 4. The number of hydrogen-bond donors (Lipinski definition) is 4. The minimum Gasteiger partial charge on any atom is -0.396 e. The second-order valence-corrected chi connectivity index (χ2v) is 4.13. The van der Waals surface area contributed by atoms with E-state index in [1.807, 2.05) is 6.92 Å². The largest absolute Gasteiger partial charge is 0.396 e. The van der Waals surface area contributed by atoms with E-state index >= 15 is 0 Å². The lowest BCUT2D eigenvalue weighted by atomic mass is 10.0. The van der Waals surface area contributed by atoms with Gasteiger partial charge in [0.05, 0.1) is 17.5 Å². The van der Waals surface area contributed by atoms with Crippen molar-refractivity contribution in [1.82, 2.24) is 15.5 Å². The lowest BCUT2D eigenvalue weighted by Crippen LogP contribution is -2.40. The van der Waals surface area contributed by atoms with Gasteiger partial charge in [0.2, 0.25) is 0 Å². The lowest BCUT2D eigenvalue weighted by Gasteiger charge is -2.22. The topological polar surface area (TPSA) is 104 Å². The van der Waals surface area contributed by atoms with Crippen LogP contribution in [-0.2, 0) is 0 Å². The van der Waals surface area contributed by atoms with Crippen molar-refractivity contribution < 1.29 is 9.90 Å². The van der Waals surface area contributed by atoms with Crippen LogP contribution >= 0.6 is 0 Å². The van der Waals surface area contributed by atoms with Crippen molar-refractivity contribution in [1.29, 1.82) is 0 Å². The third-order valence-electron chi connectivity index (χ3n) is 2.31. The van der Waals surface area contributed by atoms with Gasteiger partial charge in [-0.3, -0.25) is 9.89 Å². The first-order chi connectivity index (χ1) is 7.46. The highest BCUT2D eigenvalue weighted by Crippen LogP contribution is 2.11. The molecule has 0 radical (unpaired) electrons. The van der Waals surface area contributed by atoms with E-state index in [1.165, 1.54) is 6.20 Å². The average Bonchev–Trinajstić information content (AvgIpc) is 2.61. The monoisotopic (exact) mass is 226 g/mol. The Morgan fingerprint density at radius 2 is 2.44 bits per heavy atom. The molecule has 6 heteroatoms. The molecule has 1 unspecified atom stereocenters. The number of rotatable bonds is 5. The number of nitrogens with two attached hydrogens (primary N) is 1. The van der Waals surface area contributed by atoms with E-state index < -0.39 is 5.60 Å². The summed E-state index contributed by atoms with van der Waals surface area (Å²) in [6.45, 7) is 3.86. The molecule has 1 aromatic rings. The molecule has 90 valence electrons. The van der Waals surface area contributed by atoms with Crippen LogP contribution in [0.4, 0.5) is 5.69 Å². The number of carbonyl (C=O) groups excluding carboxylic acids is 1. The first kappa shape index (κ1) is 12.5. The molecule has 0 aliphatic heterocycles. The zero-order valence-corrected chi connectivity index (χ0v) is 9.58. The van der Waals surface area contributed by atoms with Crippen molar-refractivity contribution in [3.05, 3.63) is 11.9 Å². The Kier molecular flexibility index (Phi) is 3.89. The van der Waals surface area contributed by atoms with Gasteiger partial charge in [0.15, 0.2) is 0 Å². The average molecular weight is 226 g/mol. The number of nitrogens with one attached hydrogen (secondary N) is 2. The minimum atomic E-state index is -0.890. The van der Waals surface area contributed by atoms with Crippen LogP contribution in [0, 0.1) is 0 Å². The highest BCUT2D eigenvalue weighted by atomic mass is 16.3. The van der Waals surface area contributed by atoms with Gasteiger partial charge in [-0.2, -0.15) is 5.10 Å². The molecule has 5 N–H and O–H groups in total. The predicted molar refractivity (Wildman–Crippen MR) is 60.9 cm³/mol. The summed E-state index contributed by atoms with van der Waals surface area (Å²) in [7, 11) is 0. The van der Waals surface area contributed by atoms with Crippen LogP contribution in [0.25, 0.3) is 0 Å². The van der Waals surface area contributed by atoms with Crippen molar-refractivity contribution in [2.24, 2.45) is 0 Å². The van der Waals surface area contributed by atoms with Gasteiger partial charge in [0.25, 0.3) is 5.91 Å². The van der Waals surface area contributed by atoms with E-state index in [0.29, 0.717) is 12.1 Å². The van der Waals surface area contributed by atoms with Crippen LogP contribution in [0.15, 0.2) is 6.20 Å². The third kappa shape index (κ3) is 3.23. The highest BCUT2D eigenvalue weighted by molar-refractivity contribution is 5.96. The fourth-order valence-electron chi connectivity index (χ4n) is 1.46. The quantitative estimate of drug-likeness (QED) is 0.578. The van der Waals surface area contributed by atoms with E-state index in [4.69, 9.17) is 5.73 Å². The molecule has 1 heterocycles. The number of H-pyrrole nitrogens is 1. The van der Waals surface area contributed by atoms with E-state index in [0.717, 1.165) is 6.42 Å². The summed E-state index contributed by atoms with van der Waals surface area (Å²) in [5.74, 6) is -0.355. The first-order valence-corrected chi connectivity index (χ1v) is 5.25. The van der Waals surface area contributed by atoms with Gasteiger partial charge >= 0.3 is 0 Å². The van der Waals surface area contributed by atoms with Crippen molar-refractivity contribution in [2.45, 2.75) is 32.3 Å². The second-order valence-electron chi connectivity index (χ2n) is 4.13. The fraction of sp³-hybridized carbons (Fsp3) is 0.600. The Hall–Kier alpha value is -1.56. The molecular weight excluding hydrogens is 208 g/mol. The first-order valence-electron chi connectivity index (χ1n) is 5.25. The molecule has 1 atom stereocenters. The zero-order chi connectivity index (χ0) is 12.2. The number of amides is 1. The molecule has 0 bridgehead atoms.